The molecule has 0 unspecified atom stereocenters. The highest BCUT2D eigenvalue weighted by Gasteiger charge is 2.12. The van der Waals surface area contributed by atoms with Crippen LogP contribution in [0.2, 0.25) is 5.02 Å². The molecule has 0 fully saturated rings. The number of nitrogens with one attached hydrogen (secondary N) is 2. The molecule has 2 amide bonds. The number of hydrogen-bond acceptors (Lipinski definition) is 4. The zero-order chi connectivity index (χ0) is 21.3. The first-order chi connectivity index (χ1) is 14.5. The number of amides is 2. The van der Waals surface area contributed by atoms with Crippen molar-refractivity contribution < 1.29 is 14.3 Å². The molecule has 3 aromatic rings. The molecule has 0 heterocycles. The lowest BCUT2D eigenvalue weighted by atomic mass is 10.2. The normalized spacial score (nSPS) is 10.6. The van der Waals surface area contributed by atoms with Gasteiger partial charge in [0, 0.05) is 20.7 Å². The van der Waals surface area contributed by atoms with Gasteiger partial charge in [0.1, 0.15) is 12.4 Å². The Morgan fingerprint density at radius 2 is 1.67 bits per heavy atom. The van der Waals surface area contributed by atoms with Gasteiger partial charge in [0.05, 0.1) is 6.21 Å². The first-order valence-corrected chi connectivity index (χ1v) is 10.0. The molecule has 0 bridgehead atoms. The Morgan fingerprint density at radius 1 is 0.967 bits per heavy atom. The second-order valence-corrected chi connectivity index (χ2v) is 7.47. The lowest BCUT2D eigenvalue weighted by molar-refractivity contribution is -0.136. The van der Waals surface area contributed by atoms with Gasteiger partial charge in [-0.15, -0.1) is 0 Å². The number of carbonyl (C=O) groups excluding carboxylic acids is 2. The smallest absolute Gasteiger partial charge is 0.329 e. The van der Waals surface area contributed by atoms with Crippen LogP contribution in [-0.4, -0.2) is 18.0 Å². The van der Waals surface area contributed by atoms with Crippen LogP contribution >= 0.6 is 27.5 Å². The summed E-state index contributed by atoms with van der Waals surface area (Å²) in [6.07, 6.45) is 1.42. The van der Waals surface area contributed by atoms with E-state index in [2.05, 4.69) is 31.8 Å². The van der Waals surface area contributed by atoms with Gasteiger partial charge in [-0.25, -0.2) is 5.43 Å². The monoisotopic (exact) mass is 485 g/mol. The summed E-state index contributed by atoms with van der Waals surface area (Å²) in [7, 11) is 0. The molecule has 0 radical (unpaired) electrons. The van der Waals surface area contributed by atoms with E-state index in [4.69, 9.17) is 16.3 Å². The highest BCUT2D eigenvalue weighted by Crippen LogP contribution is 2.18. The van der Waals surface area contributed by atoms with E-state index >= 15 is 0 Å². The van der Waals surface area contributed by atoms with E-state index in [1.807, 2.05) is 36.4 Å². The minimum atomic E-state index is -0.894. The number of hydrazone groups is 1. The predicted molar refractivity (Wildman–Crippen MR) is 121 cm³/mol. The van der Waals surface area contributed by atoms with E-state index in [0.717, 1.165) is 10.0 Å². The number of rotatable bonds is 6. The van der Waals surface area contributed by atoms with Gasteiger partial charge in [0.15, 0.2) is 0 Å². The SMILES string of the molecule is O=C(N/N=C/c1ccccc1OCc1ccc(Br)cc1)C(=O)Nc1ccc(Cl)cc1. The molecule has 2 N–H and O–H groups in total. The minimum absolute atomic E-state index is 0.383. The summed E-state index contributed by atoms with van der Waals surface area (Å²) in [4.78, 5) is 23.9. The van der Waals surface area contributed by atoms with Crippen molar-refractivity contribution in [1.82, 2.24) is 5.43 Å². The molecule has 3 aromatic carbocycles. The summed E-state index contributed by atoms with van der Waals surface area (Å²) in [5.74, 6) is -1.13. The number of anilines is 1. The Labute approximate surface area is 187 Å². The van der Waals surface area contributed by atoms with Crippen molar-refractivity contribution in [3.05, 3.63) is 93.4 Å². The van der Waals surface area contributed by atoms with Gasteiger partial charge in [-0.05, 0) is 54.1 Å². The molecule has 0 spiro atoms. The molecule has 0 saturated heterocycles. The minimum Gasteiger partial charge on any atom is -0.488 e. The highest BCUT2D eigenvalue weighted by atomic mass is 79.9. The Balaban J connectivity index is 1.56. The molecule has 8 heteroatoms. The van der Waals surface area contributed by atoms with Crippen molar-refractivity contribution >= 4 is 51.2 Å². The van der Waals surface area contributed by atoms with Crippen molar-refractivity contribution in [2.24, 2.45) is 5.10 Å². The van der Waals surface area contributed by atoms with E-state index < -0.39 is 11.8 Å². The Kier molecular flexibility index (Phi) is 7.59. The molecular formula is C22H17BrClN3O3. The van der Waals surface area contributed by atoms with Gasteiger partial charge in [-0.2, -0.15) is 5.10 Å². The third kappa shape index (κ3) is 6.43. The van der Waals surface area contributed by atoms with Crippen LogP contribution in [0.3, 0.4) is 0 Å². The van der Waals surface area contributed by atoms with Crippen molar-refractivity contribution in [1.29, 1.82) is 0 Å². The van der Waals surface area contributed by atoms with E-state index in [1.54, 1.807) is 36.4 Å². The van der Waals surface area contributed by atoms with E-state index in [-0.39, 0.29) is 0 Å². The molecule has 0 aromatic heterocycles. The lowest BCUT2D eigenvalue weighted by Gasteiger charge is -2.09. The maximum absolute atomic E-state index is 11.9. The van der Waals surface area contributed by atoms with Gasteiger partial charge in [-0.3, -0.25) is 9.59 Å². The van der Waals surface area contributed by atoms with Gasteiger partial charge >= 0.3 is 11.8 Å². The summed E-state index contributed by atoms with van der Waals surface area (Å²) in [6.45, 7) is 0.383. The predicted octanol–water partition coefficient (Wildman–Crippen LogP) is 4.77. The maximum Gasteiger partial charge on any atom is 0.329 e. The average Bonchev–Trinajstić information content (AvgIpc) is 2.75. The van der Waals surface area contributed by atoms with Crippen LogP contribution < -0.4 is 15.5 Å². The fraction of sp³-hybridized carbons (Fsp3) is 0.0455. The Bertz CT molecular complexity index is 1050. The van der Waals surface area contributed by atoms with Crippen molar-refractivity contribution in [3.63, 3.8) is 0 Å². The summed E-state index contributed by atoms with van der Waals surface area (Å²) in [6, 6.07) is 21.5. The molecule has 0 aliphatic carbocycles. The number of hydrogen-bond donors (Lipinski definition) is 2. The zero-order valence-corrected chi connectivity index (χ0v) is 18.0. The van der Waals surface area contributed by atoms with Crippen LogP contribution in [0.4, 0.5) is 5.69 Å². The van der Waals surface area contributed by atoms with Crippen LogP contribution in [0.25, 0.3) is 0 Å². The van der Waals surface area contributed by atoms with Gasteiger partial charge in [0.2, 0.25) is 0 Å². The second-order valence-electron chi connectivity index (χ2n) is 6.11. The van der Waals surface area contributed by atoms with Crippen LogP contribution in [-0.2, 0) is 16.2 Å². The summed E-state index contributed by atoms with van der Waals surface area (Å²) in [5, 5.41) is 6.84. The molecule has 0 aliphatic heterocycles. The summed E-state index contributed by atoms with van der Waals surface area (Å²) >= 11 is 9.19. The van der Waals surface area contributed by atoms with Gasteiger partial charge < -0.3 is 10.1 Å². The molecular weight excluding hydrogens is 470 g/mol. The standard InChI is InChI=1S/C22H17BrClN3O3/c23-17-7-5-15(6-8-17)14-30-20-4-2-1-3-16(20)13-25-27-22(29)21(28)26-19-11-9-18(24)10-12-19/h1-13H,14H2,(H,26,28)(H,27,29)/b25-13+. The molecule has 0 atom stereocenters. The van der Waals surface area contributed by atoms with E-state index in [0.29, 0.717) is 28.6 Å². The lowest BCUT2D eigenvalue weighted by Crippen LogP contribution is -2.32. The fourth-order valence-electron chi connectivity index (χ4n) is 2.39. The van der Waals surface area contributed by atoms with Crippen molar-refractivity contribution in [2.45, 2.75) is 6.61 Å². The fourth-order valence-corrected chi connectivity index (χ4v) is 2.78. The molecule has 30 heavy (non-hydrogen) atoms. The summed E-state index contributed by atoms with van der Waals surface area (Å²) in [5.41, 5.74) is 4.33. The van der Waals surface area contributed by atoms with Crippen molar-refractivity contribution in [2.75, 3.05) is 5.32 Å². The zero-order valence-electron chi connectivity index (χ0n) is 15.6. The third-order valence-corrected chi connectivity index (χ3v) is 4.69. The number of nitrogens with zero attached hydrogens (tertiary/aromatic N) is 1. The number of halogens is 2. The average molecular weight is 487 g/mol. The van der Waals surface area contributed by atoms with E-state index in [9.17, 15) is 9.59 Å². The quantitative estimate of drug-likeness (QED) is 0.299. The van der Waals surface area contributed by atoms with E-state index in [1.165, 1.54) is 6.21 Å². The highest BCUT2D eigenvalue weighted by molar-refractivity contribution is 9.10. The second kappa shape index (κ2) is 10.6. The topological polar surface area (TPSA) is 79.8 Å². The molecule has 0 saturated carbocycles. The Morgan fingerprint density at radius 3 is 2.40 bits per heavy atom. The first-order valence-electron chi connectivity index (χ1n) is 8.87. The van der Waals surface area contributed by atoms with Crippen LogP contribution in [0, 0.1) is 0 Å². The van der Waals surface area contributed by atoms with Gasteiger partial charge in [0.25, 0.3) is 0 Å². The molecule has 6 nitrogen and oxygen atoms in total. The maximum atomic E-state index is 11.9. The largest absolute Gasteiger partial charge is 0.488 e. The Hall–Kier alpha value is -3.16. The number of ether oxygens (including phenoxy) is 1. The number of benzene rings is 3. The van der Waals surface area contributed by atoms with Crippen molar-refractivity contribution in [3.8, 4) is 5.75 Å². The van der Waals surface area contributed by atoms with Gasteiger partial charge in [-0.1, -0.05) is 51.8 Å². The number of para-hydroxylation sites is 1. The van der Waals surface area contributed by atoms with Crippen LogP contribution in [0.15, 0.2) is 82.4 Å². The van der Waals surface area contributed by atoms with Crippen LogP contribution in [0.1, 0.15) is 11.1 Å². The molecule has 0 aliphatic rings. The first kappa shape index (κ1) is 21.5. The number of carbonyl (C=O) groups is 2. The molecule has 152 valence electrons. The summed E-state index contributed by atoms with van der Waals surface area (Å²) < 4.78 is 6.84. The third-order valence-electron chi connectivity index (χ3n) is 3.90. The van der Waals surface area contributed by atoms with Crippen LogP contribution in [0.5, 0.6) is 5.75 Å². The molecule has 3 rings (SSSR count).